The fourth-order valence-electron chi connectivity index (χ4n) is 2.65. The molecular weight excluding hydrogens is 314 g/mol. The Labute approximate surface area is 119 Å². The third-order valence-electron chi connectivity index (χ3n) is 3.73. The number of carboxylic acids is 1. The zero-order valence-corrected chi connectivity index (χ0v) is 12.2. The van der Waals surface area contributed by atoms with E-state index in [9.17, 15) is 14.7 Å². The second kappa shape index (κ2) is 5.36. The number of hydrogen-bond acceptors (Lipinski definition) is 3. The van der Waals surface area contributed by atoms with Gasteiger partial charge in [0.1, 0.15) is 0 Å². The highest BCUT2D eigenvalue weighted by Crippen LogP contribution is 2.34. The Kier molecular flexibility index (Phi) is 3.99. The SMILES string of the molecule is CC1(NC(=O)c2occc2Br)CCCCC1C(=O)O. The van der Waals surface area contributed by atoms with Gasteiger partial charge >= 0.3 is 5.97 Å². The van der Waals surface area contributed by atoms with Gasteiger partial charge in [-0.1, -0.05) is 12.8 Å². The van der Waals surface area contributed by atoms with Crippen molar-refractivity contribution in [1.82, 2.24) is 5.32 Å². The lowest BCUT2D eigenvalue weighted by atomic mass is 9.74. The van der Waals surface area contributed by atoms with Crippen LogP contribution in [0.4, 0.5) is 0 Å². The smallest absolute Gasteiger partial charge is 0.308 e. The van der Waals surface area contributed by atoms with Gasteiger partial charge in [0.2, 0.25) is 5.76 Å². The zero-order valence-electron chi connectivity index (χ0n) is 10.6. The maximum atomic E-state index is 12.1. The molecule has 1 amide bonds. The average Bonchev–Trinajstić information content (AvgIpc) is 2.75. The summed E-state index contributed by atoms with van der Waals surface area (Å²) in [4.78, 5) is 23.5. The highest BCUT2D eigenvalue weighted by molar-refractivity contribution is 9.10. The second-order valence-electron chi connectivity index (χ2n) is 5.11. The Hall–Kier alpha value is -1.30. The van der Waals surface area contributed by atoms with Gasteiger partial charge in [0, 0.05) is 0 Å². The maximum Gasteiger partial charge on any atom is 0.308 e. The number of aliphatic carboxylic acids is 1. The van der Waals surface area contributed by atoms with Crippen LogP contribution in [0, 0.1) is 5.92 Å². The van der Waals surface area contributed by atoms with E-state index in [2.05, 4.69) is 21.2 Å². The number of nitrogens with one attached hydrogen (secondary N) is 1. The number of rotatable bonds is 3. The summed E-state index contributed by atoms with van der Waals surface area (Å²) >= 11 is 3.22. The molecule has 1 aliphatic rings. The van der Waals surface area contributed by atoms with Crippen LogP contribution in [0.3, 0.4) is 0 Å². The zero-order chi connectivity index (χ0) is 14.0. The lowest BCUT2D eigenvalue weighted by molar-refractivity contribution is -0.145. The van der Waals surface area contributed by atoms with Crippen LogP contribution < -0.4 is 5.32 Å². The highest BCUT2D eigenvalue weighted by atomic mass is 79.9. The number of carbonyl (C=O) groups is 2. The van der Waals surface area contributed by atoms with Gasteiger partial charge in [0.25, 0.3) is 5.91 Å². The molecule has 5 nitrogen and oxygen atoms in total. The van der Waals surface area contributed by atoms with E-state index >= 15 is 0 Å². The molecule has 0 aromatic carbocycles. The standard InChI is InChI=1S/C13H16BrNO4/c1-13(6-3-2-4-8(13)12(17)18)15-11(16)10-9(14)5-7-19-10/h5,7-8H,2-4,6H2,1H3,(H,15,16)(H,17,18). The Morgan fingerprint density at radius 1 is 1.53 bits per heavy atom. The summed E-state index contributed by atoms with van der Waals surface area (Å²) in [5.41, 5.74) is -0.729. The van der Waals surface area contributed by atoms with Crippen LogP contribution in [0.15, 0.2) is 21.2 Å². The molecule has 19 heavy (non-hydrogen) atoms. The van der Waals surface area contributed by atoms with Crippen LogP contribution in [0.2, 0.25) is 0 Å². The van der Waals surface area contributed by atoms with E-state index in [0.29, 0.717) is 17.3 Å². The van der Waals surface area contributed by atoms with Crippen molar-refractivity contribution in [2.45, 2.75) is 38.1 Å². The molecule has 104 valence electrons. The molecule has 0 radical (unpaired) electrons. The number of furan rings is 1. The highest BCUT2D eigenvalue weighted by Gasteiger charge is 2.42. The first kappa shape index (κ1) is 14.1. The first-order valence-electron chi connectivity index (χ1n) is 6.22. The Morgan fingerprint density at radius 2 is 2.26 bits per heavy atom. The monoisotopic (exact) mass is 329 g/mol. The Morgan fingerprint density at radius 3 is 2.84 bits per heavy atom. The van der Waals surface area contributed by atoms with E-state index in [1.165, 1.54) is 6.26 Å². The van der Waals surface area contributed by atoms with Crippen LogP contribution in [0.1, 0.15) is 43.2 Å². The van der Waals surface area contributed by atoms with E-state index in [0.717, 1.165) is 12.8 Å². The molecule has 1 aromatic rings. The Bertz CT molecular complexity index is 499. The van der Waals surface area contributed by atoms with Gasteiger partial charge in [-0.15, -0.1) is 0 Å². The molecule has 1 aliphatic carbocycles. The molecule has 2 rings (SSSR count). The molecule has 0 spiro atoms. The summed E-state index contributed by atoms with van der Waals surface area (Å²) in [6, 6.07) is 1.63. The number of carboxylic acid groups (broad SMARTS) is 1. The van der Waals surface area contributed by atoms with Gasteiger partial charge in [-0.2, -0.15) is 0 Å². The Balaban J connectivity index is 2.17. The van der Waals surface area contributed by atoms with Crippen molar-refractivity contribution in [3.8, 4) is 0 Å². The molecule has 2 atom stereocenters. The van der Waals surface area contributed by atoms with Crippen molar-refractivity contribution in [3.63, 3.8) is 0 Å². The quantitative estimate of drug-likeness (QED) is 0.893. The number of amides is 1. The van der Waals surface area contributed by atoms with Crippen molar-refractivity contribution in [3.05, 3.63) is 22.6 Å². The normalized spacial score (nSPS) is 26.9. The minimum absolute atomic E-state index is 0.177. The van der Waals surface area contributed by atoms with Gasteiger partial charge in [-0.25, -0.2) is 0 Å². The summed E-state index contributed by atoms with van der Waals surface area (Å²) in [6.07, 6.45) is 4.46. The summed E-state index contributed by atoms with van der Waals surface area (Å²) in [7, 11) is 0. The predicted octanol–water partition coefficient (Wildman–Crippen LogP) is 2.81. The van der Waals surface area contributed by atoms with Gasteiger partial charge in [0.05, 0.1) is 22.2 Å². The van der Waals surface area contributed by atoms with E-state index in [-0.39, 0.29) is 11.7 Å². The molecule has 6 heteroatoms. The van der Waals surface area contributed by atoms with E-state index in [4.69, 9.17) is 4.42 Å². The van der Waals surface area contributed by atoms with Crippen LogP contribution >= 0.6 is 15.9 Å². The maximum absolute atomic E-state index is 12.1. The first-order valence-corrected chi connectivity index (χ1v) is 7.01. The molecule has 0 aliphatic heterocycles. The minimum Gasteiger partial charge on any atom is -0.481 e. The van der Waals surface area contributed by atoms with Gasteiger partial charge in [-0.3, -0.25) is 9.59 Å². The lowest BCUT2D eigenvalue weighted by Gasteiger charge is -2.39. The van der Waals surface area contributed by atoms with Crippen molar-refractivity contribution in [2.24, 2.45) is 5.92 Å². The van der Waals surface area contributed by atoms with Gasteiger partial charge in [0.15, 0.2) is 0 Å². The minimum atomic E-state index is -0.860. The molecule has 2 unspecified atom stereocenters. The topological polar surface area (TPSA) is 79.5 Å². The third kappa shape index (κ3) is 2.83. The fraction of sp³-hybridized carbons (Fsp3) is 0.538. The molecule has 2 N–H and O–H groups in total. The van der Waals surface area contributed by atoms with Crippen LogP contribution in [-0.4, -0.2) is 22.5 Å². The van der Waals surface area contributed by atoms with Gasteiger partial charge < -0.3 is 14.8 Å². The van der Waals surface area contributed by atoms with E-state index in [1.54, 1.807) is 13.0 Å². The largest absolute Gasteiger partial charge is 0.481 e. The molecule has 1 aromatic heterocycles. The second-order valence-corrected chi connectivity index (χ2v) is 5.96. The van der Waals surface area contributed by atoms with E-state index in [1.807, 2.05) is 0 Å². The molecular formula is C13H16BrNO4. The summed E-state index contributed by atoms with van der Waals surface area (Å²) < 4.78 is 5.67. The van der Waals surface area contributed by atoms with Crippen molar-refractivity contribution in [2.75, 3.05) is 0 Å². The number of halogens is 1. The molecule has 1 heterocycles. The molecule has 1 saturated carbocycles. The average molecular weight is 330 g/mol. The van der Waals surface area contributed by atoms with Crippen molar-refractivity contribution < 1.29 is 19.1 Å². The first-order chi connectivity index (χ1) is 8.94. The summed E-state index contributed by atoms with van der Waals surface area (Å²) in [5.74, 6) is -1.62. The van der Waals surface area contributed by atoms with Crippen LogP contribution in [-0.2, 0) is 4.79 Å². The lowest BCUT2D eigenvalue weighted by Crippen LogP contribution is -2.55. The number of carbonyl (C=O) groups excluding carboxylic acids is 1. The molecule has 0 saturated heterocycles. The van der Waals surface area contributed by atoms with Crippen LogP contribution in [0.5, 0.6) is 0 Å². The van der Waals surface area contributed by atoms with Crippen molar-refractivity contribution >= 4 is 27.8 Å². The van der Waals surface area contributed by atoms with E-state index < -0.39 is 17.4 Å². The third-order valence-corrected chi connectivity index (χ3v) is 4.35. The number of hydrogen-bond donors (Lipinski definition) is 2. The summed E-state index contributed by atoms with van der Waals surface area (Å²) in [5, 5.41) is 12.1. The fourth-order valence-corrected chi connectivity index (χ4v) is 3.03. The summed E-state index contributed by atoms with van der Waals surface area (Å²) in [6.45, 7) is 1.79. The molecule has 0 bridgehead atoms. The van der Waals surface area contributed by atoms with Crippen molar-refractivity contribution in [1.29, 1.82) is 0 Å². The van der Waals surface area contributed by atoms with Crippen LogP contribution in [0.25, 0.3) is 0 Å². The predicted molar refractivity (Wildman–Crippen MR) is 71.9 cm³/mol. The molecule has 1 fully saturated rings. The van der Waals surface area contributed by atoms with Gasteiger partial charge in [-0.05, 0) is 41.8 Å².